The van der Waals surface area contributed by atoms with Crippen molar-refractivity contribution in [2.45, 2.75) is 63.9 Å². The summed E-state index contributed by atoms with van der Waals surface area (Å²) in [5.74, 6) is 0.426. The topological polar surface area (TPSA) is 43.4 Å². The van der Waals surface area contributed by atoms with Crippen LogP contribution in [-0.2, 0) is 14.3 Å². The standard InChI is InChI=1S/C13H20O3/c14-11-6-8-12(9-7-11)16-13(15)10-4-2-1-3-5-10/h10,12H,1-9H2. The van der Waals surface area contributed by atoms with E-state index in [2.05, 4.69) is 0 Å². The predicted molar refractivity (Wildman–Crippen MR) is 59.9 cm³/mol. The van der Waals surface area contributed by atoms with Gasteiger partial charge in [0.1, 0.15) is 11.9 Å². The molecule has 2 aliphatic carbocycles. The summed E-state index contributed by atoms with van der Waals surface area (Å²) in [5.41, 5.74) is 0. The summed E-state index contributed by atoms with van der Waals surface area (Å²) in [6.07, 6.45) is 8.19. The summed E-state index contributed by atoms with van der Waals surface area (Å²) in [6.45, 7) is 0. The van der Waals surface area contributed by atoms with Gasteiger partial charge in [0.2, 0.25) is 0 Å². The molecule has 2 aliphatic rings. The van der Waals surface area contributed by atoms with Crippen molar-refractivity contribution < 1.29 is 14.3 Å². The van der Waals surface area contributed by atoms with Crippen molar-refractivity contribution in [2.75, 3.05) is 0 Å². The molecule has 0 radical (unpaired) electrons. The van der Waals surface area contributed by atoms with E-state index in [1.165, 1.54) is 6.42 Å². The number of carbonyl (C=O) groups is 2. The Morgan fingerprint density at radius 2 is 1.62 bits per heavy atom. The molecule has 90 valence electrons. The zero-order valence-corrected chi connectivity index (χ0v) is 9.74. The van der Waals surface area contributed by atoms with Crippen molar-refractivity contribution in [1.29, 1.82) is 0 Å². The second-order valence-electron chi connectivity index (χ2n) is 5.01. The van der Waals surface area contributed by atoms with Crippen molar-refractivity contribution in [2.24, 2.45) is 5.92 Å². The zero-order chi connectivity index (χ0) is 11.4. The third kappa shape index (κ3) is 3.06. The maximum absolute atomic E-state index is 11.8. The molecule has 0 spiro atoms. The van der Waals surface area contributed by atoms with Gasteiger partial charge in [-0.25, -0.2) is 0 Å². The summed E-state index contributed by atoms with van der Waals surface area (Å²) in [5, 5.41) is 0. The SMILES string of the molecule is O=C1CCC(OC(=O)C2CCCCC2)CC1. The van der Waals surface area contributed by atoms with E-state index in [4.69, 9.17) is 4.74 Å². The number of esters is 1. The lowest BCUT2D eigenvalue weighted by Crippen LogP contribution is -2.29. The molecule has 0 aromatic rings. The molecule has 0 N–H and O–H groups in total. The van der Waals surface area contributed by atoms with Crippen LogP contribution >= 0.6 is 0 Å². The average Bonchev–Trinajstić information content (AvgIpc) is 2.33. The number of Topliss-reactive ketones (excluding diaryl/α,β-unsaturated/α-hetero) is 1. The average molecular weight is 224 g/mol. The van der Waals surface area contributed by atoms with Gasteiger partial charge in [0.25, 0.3) is 0 Å². The lowest BCUT2D eigenvalue weighted by molar-refractivity contribution is -0.157. The molecule has 0 unspecified atom stereocenters. The highest BCUT2D eigenvalue weighted by atomic mass is 16.5. The van der Waals surface area contributed by atoms with Crippen LogP contribution < -0.4 is 0 Å². The van der Waals surface area contributed by atoms with Gasteiger partial charge in [-0.05, 0) is 25.7 Å². The molecule has 0 aromatic carbocycles. The van der Waals surface area contributed by atoms with E-state index in [1.807, 2.05) is 0 Å². The van der Waals surface area contributed by atoms with Crippen molar-refractivity contribution in [3.05, 3.63) is 0 Å². The molecular weight excluding hydrogens is 204 g/mol. The van der Waals surface area contributed by atoms with Crippen LogP contribution in [0.2, 0.25) is 0 Å². The van der Waals surface area contributed by atoms with E-state index in [9.17, 15) is 9.59 Å². The Labute approximate surface area is 96.5 Å². The van der Waals surface area contributed by atoms with Gasteiger partial charge in [0.05, 0.1) is 5.92 Å². The quantitative estimate of drug-likeness (QED) is 0.677. The maximum Gasteiger partial charge on any atom is 0.309 e. The zero-order valence-electron chi connectivity index (χ0n) is 9.74. The number of rotatable bonds is 2. The lowest BCUT2D eigenvalue weighted by Gasteiger charge is -2.25. The van der Waals surface area contributed by atoms with E-state index in [0.717, 1.165) is 38.5 Å². The van der Waals surface area contributed by atoms with Gasteiger partial charge >= 0.3 is 5.97 Å². The number of hydrogen-bond acceptors (Lipinski definition) is 3. The van der Waals surface area contributed by atoms with Gasteiger partial charge in [-0.2, -0.15) is 0 Å². The first-order valence-corrected chi connectivity index (χ1v) is 6.48. The monoisotopic (exact) mass is 224 g/mol. The first-order chi connectivity index (χ1) is 7.75. The van der Waals surface area contributed by atoms with Crippen LogP contribution in [0.4, 0.5) is 0 Å². The number of ether oxygens (including phenoxy) is 1. The summed E-state index contributed by atoms with van der Waals surface area (Å²) >= 11 is 0. The molecule has 0 aliphatic heterocycles. The third-order valence-electron chi connectivity index (χ3n) is 3.71. The van der Waals surface area contributed by atoms with Crippen LogP contribution in [0, 0.1) is 5.92 Å². The van der Waals surface area contributed by atoms with Crippen LogP contribution in [0.1, 0.15) is 57.8 Å². The van der Waals surface area contributed by atoms with Crippen LogP contribution in [0.3, 0.4) is 0 Å². The number of ketones is 1. The molecule has 0 saturated heterocycles. The molecule has 3 heteroatoms. The third-order valence-corrected chi connectivity index (χ3v) is 3.71. The smallest absolute Gasteiger partial charge is 0.309 e. The largest absolute Gasteiger partial charge is 0.462 e. The molecule has 0 heterocycles. The minimum atomic E-state index is -0.0148. The molecular formula is C13H20O3. The van der Waals surface area contributed by atoms with E-state index in [-0.39, 0.29) is 18.0 Å². The van der Waals surface area contributed by atoms with Crippen LogP contribution in [0.25, 0.3) is 0 Å². The lowest BCUT2D eigenvalue weighted by atomic mass is 9.89. The molecule has 2 saturated carbocycles. The highest BCUT2D eigenvalue weighted by molar-refractivity contribution is 5.79. The fraction of sp³-hybridized carbons (Fsp3) is 0.846. The Kier molecular flexibility index (Phi) is 3.97. The van der Waals surface area contributed by atoms with Gasteiger partial charge in [-0.1, -0.05) is 19.3 Å². The Morgan fingerprint density at radius 1 is 1.00 bits per heavy atom. The molecule has 0 bridgehead atoms. The predicted octanol–water partition coefficient (Wildman–Crippen LogP) is 2.62. The normalized spacial score (nSPS) is 24.4. The molecule has 2 fully saturated rings. The minimum Gasteiger partial charge on any atom is -0.462 e. The van der Waals surface area contributed by atoms with E-state index < -0.39 is 0 Å². The van der Waals surface area contributed by atoms with Crippen LogP contribution in [0.15, 0.2) is 0 Å². The Morgan fingerprint density at radius 3 is 2.25 bits per heavy atom. The number of hydrogen-bond donors (Lipinski definition) is 0. The molecule has 0 atom stereocenters. The highest BCUT2D eigenvalue weighted by Gasteiger charge is 2.27. The van der Waals surface area contributed by atoms with Gasteiger partial charge < -0.3 is 4.74 Å². The number of carbonyl (C=O) groups excluding carboxylic acids is 2. The van der Waals surface area contributed by atoms with Crippen molar-refractivity contribution in [1.82, 2.24) is 0 Å². The second-order valence-corrected chi connectivity index (χ2v) is 5.01. The summed E-state index contributed by atoms with van der Waals surface area (Å²) < 4.78 is 5.49. The molecule has 0 amide bonds. The van der Waals surface area contributed by atoms with Crippen molar-refractivity contribution >= 4 is 11.8 Å². The first kappa shape index (κ1) is 11.6. The van der Waals surface area contributed by atoms with E-state index >= 15 is 0 Å². The minimum absolute atomic E-state index is 0.00660. The van der Waals surface area contributed by atoms with Gasteiger partial charge in [0, 0.05) is 12.8 Å². The van der Waals surface area contributed by atoms with Crippen LogP contribution in [0.5, 0.6) is 0 Å². The Balaban J connectivity index is 1.75. The van der Waals surface area contributed by atoms with Crippen molar-refractivity contribution in [3.8, 4) is 0 Å². The van der Waals surface area contributed by atoms with Crippen molar-refractivity contribution in [3.63, 3.8) is 0 Å². The summed E-state index contributed by atoms with van der Waals surface area (Å²) in [7, 11) is 0. The Bertz CT molecular complexity index is 256. The highest BCUT2D eigenvalue weighted by Crippen LogP contribution is 2.26. The molecule has 2 rings (SSSR count). The summed E-state index contributed by atoms with van der Waals surface area (Å²) in [4.78, 5) is 22.9. The molecule has 16 heavy (non-hydrogen) atoms. The van der Waals surface area contributed by atoms with Crippen LogP contribution in [-0.4, -0.2) is 17.9 Å². The van der Waals surface area contributed by atoms with E-state index in [0.29, 0.717) is 18.6 Å². The van der Waals surface area contributed by atoms with Gasteiger partial charge in [0.15, 0.2) is 0 Å². The fourth-order valence-corrected chi connectivity index (χ4v) is 2.63. The van der Waals surface area contributed by atoms with E-state index in [1.54, 1.807) is 0 Å². The second kappa shape index (κ2) is 5.46. The molecule has 0 aromatic heterocycles. The van der Waals surface area contributed by atoms with Gasteiger partial charge in [-0.15, -0.1) is 0 Å². The maximum atomic E-state index is 11.8. The van der Waals surface area contributed by atoms with Gasteiger partial charge in [-0.3, -0.25) is 9.59 Å². The first-order valence-electron chi connectivity index (χ1n) is 6.48. The Hall–Kier alpha value is -0.860. The fourth-order valence-electron chi connectivity index (χ4n) is 2.63. The summed E-state index contributed by atoms with van der Waals surface area (Å²) in [6, 6.07) is 0. The molecule has 3 nitrogen and oxygen atoms in total.